The van der Waals surface area contributed by atoms with Gasteiger partial charge >= 0.3 is 0 Å². The van der Waals surface area contributed by atoms with Crippen LogP contribution in [0.4, 0.5) is 0 Å². The Hall–Kier alpha value is 0. The zero-order valence-electron chi connectivity index (χ0n) is 11.8. The van der Waals surface area contributed by atoms with Crippen LogP contribution in [0, 0.1) is 23.7 Å². The zero-order chi connectivity index (χ0) is 11.8. The lowest BCUT2D eigenvalue weighted by molar-refractivity contribution is 0.204. The van der Waals surface area contributed by atoms with Crippen LogP contribution in [0.15, 0.2) is 0 Å². The SMILES string of the molecule is CCC(CC)CC(CC)C(C)C(C)CC. The molecule has 0 aromatic carbocycles. The minimum Gasteiger partial charge on any atom is -0.0651 e. The highest BCUT2D eigenvalue weighted by atomic mass is 14.3. The molecule has 0 saturated heterocycles. The molecule has 0 rings (SSSR count). The number of hydrogen-bond acceptors (Lipinski definition) is 0. The Balaban J connectivity index is 4.21. The van der Waals surface area contributed by atoms with Crippen LogP contribution in [0.3, 0.4) is 0 Å². The summed E-state index contributed by atoms with van der Waals surface area (Å²) in [6.07, 6.45) is 6.87. The molecular weight excluding hydrogens is 180 g/mol. The molecular formula is C15H32. The molecule has 0 heteroatoms. The molecule has 92 valence electrons. The van der Waals surface area contributed by atoms with Crippen LogP contribution < -0.4 is 0 Å². The molecule has 0 heterocycles. The van der Waals surface area contributed by atoms with E-state index in [1.807, 2.05) is 0 Å². The standard InChI is InChI=1S/C15H32/c1-7-12(5)13(6)15(10-4)11-14(8-2)9-3/h12-15H,7-11H2,1-6H3. The topological polar surface area (TPSA) is 0 Å². The van der Waals surface area contributed by atoms with Crippen molar-refractivity contribution in [2.24, 2.45) is 23.7 Å². The first-order valence-corrected chi connectivity index (χ1v) is 7.10. The highest BCUT2D eigenvalue weighted by molar-refractivity contribution is 4.72. The largest absolute Gasteiger partial charge is 0.0651 e. The molecule has 0 aromatic rings. The van der Waals surface area contributed by atoms with Gasteiger partial charge in [0.2, 0.25) is 0 Å². The van der Waals surface area contributed by atoms with E-state index in [2.05, 4.69) is 41.5 Å². The lowest BCUT2D eigenvalue weighted by atomic mass is 9.76. The molecule has 0 aliphatic rings. The lowest BCUT2D eigenvalue weighted by Crippen LogP contribution is -2.20. The average molecular weight is 212 g/mol. The fraction of sp³-hybridized carbons (Fsp3) is 1.00. The highest BCUT2D eigenvalue weighted by Crippen LogP contribution is 2.32. The predicted molar refractivity (Wildman–Crippen MR) is 71.1 cm³/mol. The predicted octanol–water partition coefficient (Wildman–Crippen LogP) is 5.52. The van der Waals surface area contributed by atoms with Crippen LogP contribution in [-0.4, -0.2) is 0 Å². The Morgan fingerprint density at radius 3 is 1.60 bits per heavy atom. The summed E-state index contributed by atoms with van der Waals surface area (Å²) >= 11 is 0. The lowest BCUT2D eigenvalue weighted by Gasteiger charge is -2.30. The molecule has 0 fully saturated rings. The van der Waals surface area contributed by atoms with E-state index in [0.29, 0.717) is 0 Å². The van der Waals surface area contributed by atoms with Crippen molar-refractivity contribution < 1.29 is 0 Å². The maximum atomic E-state index is 2.46. The van der Waals surface area contributed by atoms with E-state index in [1.165, 1.54) is 32.1 Å². The Morgan fingerprint density at radius 1 is 0.733 bits per heavy atom. The van der Waals surface area contributed by atoms with Gasteiger partial charge in [-0.2, -0.15) is 0 Å². The molecule has 3 atom stereocenters. The molecule has 0 spiro atoms. The molecule has 3 unspecified atom stereocenters. The second kappa shape index (κ2) is 8.19. The van der Waals surface area contributed by atoms with Gasteiger partial charge in [-0.15, -0.1) is 0 Å². The van der Waals surface area contributed by atoms with Gasteiger partial charge in [-0.05, 0) is 30.1 Å². The van der Waals surface area contributed by atoms with Crippen molar-refractivity contribution in [1.29, 1.82) is 0 Å². The summed E-state index contributed by atoms with van der Waals surface area (Å²) in [6.45, 7) is 14.3. The summed E-state index contributed by atoms with van der Waals surface area (Å²) in [5.41, 5.74) is 0. The summed E-state index contributed by atoms with van der Waals surface area (Å²) in [7, 11) is 0. The van der Waals surface area contributed by atoms with E-state index < -0.39 is 0 Å². The number of rotatable bonds is 8. The van der Waals surface area contributed by atoms with Crippen molar-refractivity contribution in [3.63, 3.8) is 0 Å². The molecule has 0 amide bonds. The molecule has 0 nitrogen and oxygen atoms in total. The molecule has 0 saturated carbocycles. The van der Waals surface area contributed by atoms with Crippen LogP contribution in [-0.2, 0) is 0 Å². The minimum atomic E-state index is 0.893. The zero-order valence-corrected chi connectivity index (χ0v) is 11.8. The molecule has 0 aromatic heterocycles. The monoisotopic (exact) mass is 212 g/mol. The van der Waals surface area contributed by atoms with E-state index in [9.17, 15) is 0 Å². The van der Waals surface area contributed by atoms with Gasteiger partial charge in [-0.25, -0.2) is 0 Å². The first-order valence-electron chi connectivity index (χ1n) is 7.10. The van der Waals surface area contributed by atoms with E-state index in [4.69, 9.17) is 0 Å². The first-order chi connectivity index (χ1) is 7.10. The quantitative estimate of drug-likeness (QED) is 0.497. The molecule has 0 aliphatic heterocycles. The summed E-state index contributed by atoms with van der Waals surface area (Å²) in [5, 5.41) is 0. The van der Waals surface area contributed by atoms with Crippen LogP contribution >= 0.6 is 0 Å². The van der Waals surface area contributed by atoms with Gasteiger partial charge < -0.3 is 0 Å². The normalized spacial score (nSPS) is 17.8. The molecule has 0 radical (unpaired) electrons. The third-order valence-corrected chi connectivity index (χ3v) is 4.60. The van der Waals surface area contributed by atoms with E-state index in [0.717, 1.165) is 23.7 Å². The Labute approximate surface area is 97.8 Å². The van der Waals surface area contributed by atoms with Gasteiger partial charge in [-0.3, -0.25) is 0 Å². The van der Waals surface area contributed by atoms with Gasteiger partial charge in [0.25, 0.3) is 0 Å². The molecule has 0 N–H and O–H groups in total. The minimum absolute atomic E-state index is 0.893. The van der Waals surface area contributed by atoms with Crippen molar-refractivity contribution in [2.45, 2.75) is 73.6 Å². The van der Waals surface area contributed by atoms with Crippen molar-refractivity contribution in [3.05, 3.63) is 0 Å². The molecule has 0 aliphatic carbocycles. The highest BCUT2D eigenvalue weighted by Gasteiger charge is 2.22. The maximum Gasteiger partial charge on any atom is -0.0386 e. The van der Waals surface area contributed by atoms with E-state index in [-0.39, 0.29) is 0 Å². The Morgan fingerprint density at radius 2 is 1.27 bits per heavy atom. The average Bonchev–Trinajstić information content (AvgIpc) is 2.29. The second-order valence-corrected chi connectivity index (χ2v) is 5.33. The second-order valence-electron chi connectivity index (χ2n) is 5.33. The molecule has 15 heavy (non-hydrogen) atoms. The summed E-state index contributed by atoms with van der Waals surface area (Å²) in [5.74, 6) is 3.70. The van der Waals surface area contributed by atoms with Crippen molar-refractivity contribution in [2.75, 3.05) is 0 Å². The van der Waals surface area contributed by atoms with Gasteiger partial charge in [0, 0.05) is 0 Å². The fourth-order valence-electron chi connectivity index (χ4n) is 2.64. The van der Waals surface area contributed by atoms with Crippen LogP contribution in [0.25, 0.3) is 0 Å². The van der Waals surface area contributed by atoms with Crippen LogP contribution in [0.1, 0.15) is 73.6 Å². The fourth-order valence-corrected chi connectivity index (χ4v) is 2.64. The van der Waals surface area contributed by atoms with Crippen LogP contribution in [0.2, 0.25) is 0 Å². The van der Waals surface area contributed by atoms with E-state index in [1.54, 1.807) is 0 Å². The van der Waals surface area contributed by atoms with E-state index >= 15 is 0 Å². The number of hydrogen-bond donors (Lipinski definition) is 0. The maximum absolute atomic E-state index is 2.46. The summed E-state index contributed by atoms with van der Waals surface area (Å²) < 4.78 is 0. The van der Waals surface area contributed by atoms with Gasteiger partial charge in [-0.1, -0.05) is 67.2 Å². The summed E-state index contributed by atoms with van der Waals surface area (Å²) in [4.78, 5) is 0. The third kappa shape index (κ3) is 5.04. The Bertz CT molecular complexity index is 135. The van der Waals surface area contributed by atoms with Crippen molar-refractivity contribution in [3.8, 4) is 0 Å². The van der Waals surface area contributed by atoms with Gasteiger partial charge in [0.1, 0.15) is 0 Å². The van der Waals surface area contributed by atoms with Crippen molar-refractivity contribution in [1.82, 2.24) is 0 Å². The van der Waals surface area contributed by atoms with Gasteiger partial charge in [0.15, 0.2) is 0 Å². The first kappa shape index (κ1) is 15.0. The third-order valence-electron chi connectivity index (χ3n) is 4.60. The summed E-state index contributed by atoms with van der Waals surface area (Å²) in [6, 6.07) is 0. The van der Waals surface area contributed by atoms with Crippen molar-refractivity contribution >= 4 is 0 Å². The van der Waals surface area contributed by atoms with Gasteiger partial charge in [0.05, 0.1) is 0 Å². The molecule has 0 bridgehead atoms. The Kier molecular flexibility index (Phi) is 8.19. The van der Waals surface area contributed by atoms with Crippen LogP contribution in [0.5, 0.6) is 0 Å². The smallest absolute Gasteiger partial charge is 0.0386 e.